The number of benzene rings is 1. The number of nitrogens with zero attached hydrogens (tertiary/aromatic N) is 1. The summed E-state index contributed by atoms with van der Waals surface area (Å²) in [7, 11) is 0. The third kappa shape index (κ3) is 2.77. The van der Waals surface area contributed by atoms with E-state index in [1.807, 2.05) is 30.3 Å². The average Bonchev–Trinajstić information content (AvgIpc) is 2.30. The number of rotatable bonds is 3. The number of pyridine rings is 1. The van der Waals surface area contributed by atoms with Crippen LogP contribution in [-0.4, -0.2) is 4.98 Å². The van der Waals surface area contributed by atoms with Crippen LogP contribution in [-0.2, 0) is 6.61 Å². The predicted octanol–water partition coefficient (Wildman–Crippen LogP) is 2.60. The van der Waals surface area contributed by atoms with Crippen LogP contribution in [0.5, 0.6) is 5.88 Å². The van der Waals surface area contributed by atoms with Crippen molar-refractivity contribution < 1.29 is 9.13 Å². The normalized spacial score (nSPS) is 9.93. The van der Waals surface area contributed by atoms with Gasteiger partial charge in [0.25, 0.3) is 0 Å². The Bertz CT molecular complexity index is 413. The lowest BCUT2D eigenvalue weighted by Crippen LogP contribution is -1.97. The standard InChI is InChI=1S/C12H9FNO/c13-11-6-7-12(14-8-11)15-9-10-4-2-1-3-5-10/h1-6,8H,9H2. The Kier molecular flexibility index (Phi) is 2.93. The SMILES string of the molecule is Fc1c[c]c(OCc2ccccc2)nc1. The van der Waals surface area contributed by atoms with Gasteiger partial charge in [0.2, 0.25) is 5.88 Å². The second kappa shape index (κ2) is 4.55. The van der Waals surface area contributed by atoms with Crippen molar-refractivity contribution in [3.63, 3.8) is 0 Å². The lowest BCUT2D eigenvalue weighted by atomic mass is 10.2. The molecule has 0 bridgehead atoms. The Morgan fingerprint density at radius 2 is 2.07 bits per heavy atom. The quantitative estimate of drug-likeness (QED) is 0.763. The minimum atomic E-state index is -0.415. The van der Waals surface area contributed by atoms with E-state index in [-0.39, 0.29) is 0 Å². The monoisotopic (exact) mass is 202 g/mol. The van der Waals surface area contributed by atoms with Crippen LogP contribution in [0.3, 0.4) is 0 Å². The Labute approximate surface area is 87.4 Å². The highest BCUT2D eigenvalue weighted by Gasteiger charge is 1.97. The minimum Gasteiger partial charge on any atom is -0.472 e. The largest absolute Gasteiger partial charge is 0.472 e. The molecule has 1 heterocycles. The summed E-state index contributed by atoms with van der Waals surface area (Å²) >= 11 is 0. The van der Waals surface area contributed by atoms with E-state index in [0.29, 0.717) is 12.5 Å². The Balaban J connectivity index is 1.96. The van der Waals surface area contributed by atoms with Crippen molar-refractivity contribution in [1.29, 1.82) is 0 Å². The van der Waals surface area contributed by atoms with Crippen molar-refractivity contribution in [1.82, 2.24) is 4.98 Å². The van der Waals surface area contributed by atoms with Crippen molar-refractivity contribution in [2.45, 2.75) is 6.61 Å². The summed E-state index contributed by atoms with van der Waals surface area (Å²) in [6.45, 7) is 0.413. The molecule has 0 amide bonds. The van der Waals surface area contributed by atoms with Crippen LogP contribution in [0.15, 0.2) is 42.6 Å². The summed E-state index contributed by atoms with van der Waals surface area (Å²) in [5.74, 6) is -0.109. The van der Waals surface area contributed by atoms with E-state index in [2.05, 4.69) is 11.1 Å². The molecule has 0 saturated carbocycles. The molecule has 0 atom stereocenters. The van der Waals surface area contributed by atoms with Crippen molar-refractivity contribution >= 4 is 0 Å². The van der Waals surface area contributed by atoms with Crippen LogP contribution in [0.4, 0.5) is 4.39 Å². The summed E-state index contributed by atoms with van der Waals surface area (Å²) in [4.78, 5) is 3.74. The fourth-order valence-corrected chi connectivity index (χ4v) is 1.13. The van der Waals surface area contributed by atoms with E-state index in [0.717, 1.165) is 11.8 Å². The van der Waals surface area contributed by atoms with E-state index in [4.69, 9.17) is 4.74 Å². The molecule has 0 fully saturated rings. The smallest absolute Gasteiger partial charge is 0.222 e. The highest BCUT2D eigenvalue weighted by Crippen LogP contribution is 2.08. The molecule has 0 aliphatic heterocycles. The van der Waals surface area contributed by atoms with Gasteiger partial charge in [-0.2, -0.15) is 0 Å². The number of aromatic nitrogens is 1. The summed E-state index contributed by atoms with van der Waals surface area (Å²) in [5, 5.41) is 0. The second-order valence-electron chi connectivity index (χ2n) is 3.01. The van der Waals surface area contributed by atoms with Crippen molar-refractivity contribution in [2.24, 2.45) is 0 Å². The maximum atomic E-state index is 12.5. The molecule has 15 heavy (non-hydrogen) atoms. The molecule has 0 saturated heterocycles. The molecule has 2 rings (SSSR count). The van der Waals surface area contributed by atoms with Gasteiger partial charge in [-0.05, 0) is 11.6 Å². The molecule has 1 aromatic carbocycles. The zero-order chi connectivity index (χ0) is 10.5. The third-order valence-electron chi connectivity index (χ3n) is 1.86. The first-order valence-corrected chi connectivity index (χ1v) is 4.54. The van der Waals surface area contributed by atoms with E-state index in [1.54, 1.807) is 0 Å². The first-order valence-electron chi connectivity index (χ1n) is 4.54. The van der Waals surface area contributed by atoms with Gasteiger partial charge in [-0.25, -0.2) is 9.37 Å². The Morgan fingerprint density at radius 3 is 2.73 bits per heavy atom. The summed E-state index contributed by atoms with van der Waals surface area (Å²) in [5.41, 5.74) is 1.04. The number of hydrogen-bond donors (Lipinski definition) is 0. The Hall–Kier alpha value is -1.90. The van der Waals surface area contributed by atoms with E-state index in [9.17, 15) is 4.39 Å². The van der Waals surface area contributed by atoms with Crippen molar-refractivity contribution in [3.05, 3.63) is 60.0 Å². The van der Waals surface area contributed by atoms with Crippen LogP contribution in [0.2, 0.25) is 0 Å². The van der Waals surface area contributed by atoms with Gasteiger partial charge in [-0.15, -0.1) is 0 Å². The van der Waals surface area contributed by atoms with E-state index >= 15 is 0 Å². The highest BCUT2D eigenvalue weighted by molar-refractivity contribution is 5.15. The first kappa shape index (κ1) is 9.65. The van der Waals surface area contributed by atoms with Crippen molar-refractivity contribution in [3.8, 4) is 5.88 Å². The lowest BCUT2D eigenvalue weighted by Gasteiger charge is -2.03. The van der Waals surface area contributed by atoms with Crippen LogP contribution in [0.1, 0.15) is 5.56 Å². The summed E-state index contributed by atoms with van der Waals surface area (Å²) < 4.78 is 17.8. The third-order valence-corrected chi connectivity index (χ3v) is 1.86. The lowest BCUT2D eigenvalue weighted by molar-refractivity contribution is 0.292. The number of halogens is 1. The van der Waals surface area contributed by atoms with Gasteiger partial charge in [-0.1, -0.05) is 30.3 Å². The van der Waals surface area contributed by atoms with Crippen LogP contribution >= 0.6 is 0 Å². The predicted molar refractivity (Wildman–Crippen MR) is 53.8 cm³/mol. The molecule has 2 aromatic rings. The van der Waals surface area contributed by atoms with Gasteiger partial charge < -0.3 is 4.74 Å². The molecular weight excluding hydrogens is 193 g/mol. The van der Waals surface area contributed by atoms with Crippen LogP contribution in [0, 0.1) is 11.9 Å². The van der Waals surface area contributed by atoms with Gasteiger partial charge in [0.15, 0.2) is 0 Å². The topological polar surface area (TPSA) is 22.1 Å². The highest BCUT2D eigenvalue weighted by atomic mass is 19.1. The van der Waals surface area contributed by atoms with Gasteiger partial charge in [0.05, 0.1) is 12.3 Å². The van der Waals surface area contributed by atoms with Crippen LogP contribution < -0.4 is 4.74 Å². The Morgan fingerprint density at radius 1 is 1.27 bits per heavy atom. The van der Waals surface area contributed by atoms with E-state index in [1.165, 1.54) is 6.07 Å². The van der Waals surface area contributed by atoms with Crippen LogP contribution in [0.25, 0.3) is 0 Å². The molecule has 0 aliphatic carbocycles. The molecule has 1 radical (unpaired) electrons. The molecule has 3 heteroatoms. The molecule has 0 unspecified atom stereocenters. The second-order valence-corrected chi connectivity index (χ2v) is 3.01. The molecular formula is C12H9FNO. The van der Waals surface area contributed by atoms with Gasteiger partial charge in [0.1, 0.15) is 12.4 Å². The van der Waals surface area contributed by atoms with Crippen molar-refractivity contribution in [2.75, 3.05) is 0 Å². The van der Waals surface area contributed by atoms with Gasteiger partial charge in [-0.3, -0.25) is 0 Å². The summed E-state index contributed by atoms with van der Waals surface area (Å²) in [6.07, 6.45) is 1.11. The maximum absolute atomic E-state index is 12.5. The van der Waals surface area contributed by atoms with Gasteiger partial charge in [0, 0.05) is 0 Å². The molecule has 2 nitrogen and oxygen atoms in total. The first-order chi connectivity index (χ1) is 7.34. The summed E-state index contributed by atoms with van der Waals surface area (Å²) in [6, 6.07) is 13.5. The molecule has 1 aromatic heterocycles. The van der Waals surface area contributed by atoms with E-state index < -0.39 is 5.82 Å². The fourth-order valence-electron chi connectivity index (χ4n) is 1.13. The number of ether oxygens (including phenoxy) is 1. The molecule has 75 valence electrons. The average molecular weight is 202 g/mol. The maximum Gasteiger partial charge on any atom is 0.222 e. The zero-order valence-electron chi connectivity index (χ0n) is 7.98. The van der Waals surface area contributed by atoms with Gasteiger partial charge >= 0.3 is 0 Å². The molecule has 0 aliphatic rings. The fraction of sp³-hybridized carbons (Fsp3) is 0.0833. The minimum absolute atomic E-state index is 0.306. The zero-order valence-corrected chi connectivity index (χ0v) is 7.98. The molecule has 0 spiro atoms. The molecule has 0 N–H and O–H groups in total. The number of hydrogen-bond acceptors (Lipinski definition) is 2.